The molecule has 0 saturated heterocycles. The Morgan fingerprint density at radius 1 is 1.39 bits per heavy atom. The van der Waals surface area contributed by atoms with Gasteiger partial charge in [-0.05, 0) is 30.5 Å². The Bertz CT molecular complexity index is 434. The summed E-state index contributed by atoms with van der Waals surface area (Å²) >= 11 is 0. The molecule has 0 unspecified atom stereocenters. The number of rotatable bonds is 3. The summed E-state index contributed by atoms with van der Waals surface area (Å²) in [5, 5.41) is 6.38. The van der Waals surface area contributed by atoms with Crippen molar-refractivity contribution in [1.29, 1.82) is 0 Å². The number of halogens is 1. The van der Waals surface area contributed by atoms with Crippen LogP contribution in [0.1, 0.15) is 18.4 Å². The van der Waals surface area contributed by atoms with Crippen LogP contribution in [0.2, 0.25) is 0 Å². The highest BCUT2D eigenvalue weighted by atomic mass is 19.1. The van der Waals surface area contributed by atoms with Gasteiger partial charge in [-0.15, -0.1) is 0 Å². The first-order valence-electron chi connectivity index (χ1n) is 6.13. The number of hydrogen-bond acceptors (Lipinski definition) is 4. The first kappa shape index (κ1) is 12.7. The van der Waals surface area contributed by atoms with Crippen LogP contribution in [0.25, 0.3) is 0 Å². The lowest BCUT2D eigenvalue weighted by Crippen LogP contribution is -2.36. The van der Waals surface area contributed by atoms with Gasteiger partial charge in [-0.25, -0.2) is 4.39 Å². The van der Waals surface area contributed by atoms with E-state index in [1.807, 2.05) is 6.07 Å². The maximum Gasteiger partial charge on any atom is 0.191 e. The predicted molar refractivity (Wildman–Crippen MR) is 69.3 cm³/mol. The predicted octanol–water partition coefficient (Wildman–Crippen LogP) is 1.66. The van der Waals surface area contributed by atoms with Gasteiger partial charge in [-0.2, -0.15) is 0 Å². The minimum Gasteiger partial charge on any atom is -0.497 e. The molecule has 1 aromatic rings. The summed E-state index contributed by atoms with van der Waals surface area (Å²) in [5.41, 5.74) is 0.834. The van der Waals surface area contributed by atoms with Crippen LogP contribution >= 0.6 is 0 Å². The maximum absolute atomic E-state index is 13.3. The molecular weight excluding hydrogens is 233 g/mol. The molecule has 98 valence electrons. The van der Waals surface area contributed by atoms with E-state index in [9.17, 15) is 4.39 Å². The van der Waals surface area contributed by atoms with E-state index in [4.69, 9.17) is 4.74 Å². The summed E-state index contributed by atoms with van der Waals surface area (Å²) in [6, 6.07) is 4.67. The molecule has 2 rings (SSSR count). The second-order valence-electron chi connectivity index (χ2n) is 4.22. The number of aliphatic imine (C=N–C) groups is 1. The highest BCUT2D eigenvalue weighted by molar-refractivity contribution is 5.79. The van der Waals surface area contributed by atoms with Gasteiger partial charge in [0.15, 0.2) is 5.96 Å². The molecule has 0 aliphatic carbocycles. The number of methoxy groups -OCH3 is 1. The van der Waals surface area contributed by atoms with Crippen molar-refractivity contribution in [2.75, 3.05) is 20.2 Å². The van der Waals surface area contributed by atoms with Gasteiger partial charge in [0, 0.05) is 25.7 Å². The molecule has 4 nitrogen and oxygen atoms in total. The quantitative estimate of drug-likeness (QED) is 0.859. The molecule has 0 bridgehead atoms. The van der Waals surface area contributed by atoms with Gasteiger partial charge in [-0.1, -0.05) is 0 Å². The van der Waals surface area contributed by atoms with Gasteiger partial charge in [0.2, 0.25) is 0 Å². The average Bonchev–Trinajstić information content (AvgIpc) is 2.64. The number of ether oxygens (including phenoxy) is 1. The number of benzene rings is 1. The fourth-order valence-corrected chi connectivity index (χ4v) is 1.84. The van der Waals surface area contributed by atoms with Gasteiger partial charge >= 0.3 is 0 Å². The first-order chi connectivity index (χ1) is 8.78. The van der Waals surface area contributed by atoms with Crippen molar-refractivity contribution < 1.29 is 9.13 Å². The van der Waals surface area contributed by atoms with Gasteiger partial charge in [0.25, 0.3) is 0 Å². The zero-order chi connectivity index (χ0) is 12.8. The number of nitrogens with zero attached hydrogens (tertiary/aromatic N) is 1. The molecular formula is C13H18FN3O. The SMILES string of the molecule is COc1cc(F)cc(CNC2=NCCCCN2)c1. The fourth-order valence-electron chi connectivity index (χ4n) is 1.84. The van der Waals surface area contributed by atoms with Gasteiger partial charge < -0.3 is 15.4 Å². The molecule has 1 aromatic carbocycles. The standard InChI is InChI=1S/C13H18FN3O/c1-18-12-7-10(6-11(14)8-12)9-17-13-15-4-2-3-5-16-13/h6-8H,2-5,9H2,1H3,(H2,15,16,17). The van der Waals surface area contributed by atoms with Crippen LogP contribution in [0.5, 0.6) is 5.75 Å². The van der Waals surface area contributed by atoms with E-state index in [-0.39, 0.29) is 5.82 Å². The third kappa shape index (κ3) is 3.61. The maximum atomic E-state index is 13.3. The summed E-state index contributed by atoms with van der Waals surface area (Å²) in [7, 11) is 1.53. The summed E-state index contributed by atoms with van der Waals surface area (Å²) in [6.07, 6.45) is 2.23. The van der Waals surface area contributed by atoms with Crippen LogP contribution < -0.4 is 15.4 Å². The highest BCUT2D eigenvalue weighted by Crippen LogP contribution is 2.15. The number of nitrogens with one attached hydrogen (secondary N) is 2. The average molecular weight is 251 g/mol. The van der Waals surface area contributed by atoms with Crippen molar-refractivity contribution in [3.8, 4) is 5.75 Å². The lowest BCUT2D eigenvalue weighted by atomic mass is 10.2. The molecule has 5 heteroatoms. The van der Waals surface area contributed by atoms with Crippen molar-refractivity contribution >= 4 is 5.96 Å². The second-order valence-corrected chi connectivity index (χ2v) is 4.22. The minimum absolute atomic E-state index is 0.290. The molecule has 0 saturated carbocycles. The van der Waals surface area contributed by atoms with E-state index in [1.54, 1.807) is 0 Å². The van der Waals surface area contributed by atoms with Crippen molar-refractivity contribution in [3.63, 3.8) is 0 Å². The molecule has 0 fully saturated rings. The summed E-state index contributed by atoms with van der Waals surface area (Å²) < 4.78 is 18.3. The smallest absolute Gasteiger partial charge is 0.191 e. The van der Waals surface area contributed by atoms with Crippen molar-refractivity contribution in [2.45, 2.75) is 19.4 Å². The molecule has 1 aliphatic rings. The topological polar surface area (TPSA) is 45.6 Å². The molecule has 0 amide bonds. The minimum atomic E-state index is -0.290. The van der Waals surface area contributed by atoms with Gasteiger partial charge in [0.1, 0.15) is 11.6 Å². The monoisotopic (exact) mass is 251 g/mol. The third-order valence-corrected chi connectivity index (χ3v) is 2.77. The van der Waals surface area contributed by atoms with Crippen molar-refractivity contribution in [2.24, 2.45) is 4.99 Å². The molecule has 18 heavy (non-hydrogen) atoms. The van der Waals surface area contributed by atoms with E-state index in [2.05, 4.69) is 15.6 Å². The molecule has 0 aromatic heterocycles. The van der Waals surface area contributed by atoms with E-state index < -0.39 is 0 Å². The lowest BCUT2D eigenvalue weighted by Gasteiger charge is -2.11. The van der Waals surface area contributed by atoms with E-state index in [0.717, 1.165) is 37.5 Å². The Balaban J connectivity index is 1.96. The van der Waals surface area contributed by atoms with E-state index >= 15 is 0 Å². The fraction of sp³-hybridized carbons (Fsp3) is 0.462. The Morgan fingerprint density at radius 3 is 3.11 bits per heavy atom. The first-order valence-corrected chi connectivity index (χ1v) is 6.13. The molecule has 0 radical (unpaired) electrons. The van der Waals surface area contributed by atoms with Crippen LogP contribution in [0, 0.1) is 5.82 Å². The van der Waals surface area contributed by atoms with Crippen molar-refractivity contribution in [1.82, 2.24) is 10.6 Å². The van der Waals surface area contributed by atoms with Crippen molar-refractivity contribution in [3.05, 3.63) is 29.6 Å². The van der Waals surface area contributed by atoms with Gasteiger partial charge in [0.05, 0.1) is 7.11 Å². The molecule has 0 atom stereocenters. The Hall–Kier alpha value is -1.78. The zero-order valence-electron chi connectivity index (χ0n) is 10.5. The van der Waals surface area contributed by atoms with Gasteiger partial charge in [-0.3, -0.25) is 4.99 Å². The molecule has 1 aliphatic heterocycles. The molecule has 2 N–H and O–H groups in total. The number of hydrogen-bond donors (Lipinski definition) is 2. The normalized spacial score (nSPS) is 15.3. The van der Waals surface area contributed by atoms with Crippen LogP contribution in [0.15, 0.2) is 23.2 Å². The molecule has 1 heterocycles. The third-order valence-electron chi connectivity index (χ3n) is 2.77. The van der Waals surface area contributed by atoms with Crippen LogP contribution in [-0.4, -0.2) is 26.2 Å². The lowest BCUT2D eigenvalue weighted by molar-refractivity contribution is 0.410. The zero-order valence-corrected chi connectivity index (χ0v) is 10.5. The Kier molecular flexibility index (Phi) is 4.39. The molecule has 0 spiro atoms. The Morgan fingerprint density at radius 2 is 2.28 bits per heavy atom. The van der Waals surface area contributed by atoms with E-state index in [0.29, 0.717) is 12.3 Å². The number of guanidine groups is 1. The second kappa shape index (κ2) is 6.23. The highest BCUT2D eigenvalue weighted by Gasteiger charge is 2.04. The van der Waals surface area contributed by atoms with Crippen LogP contribution in [0.3, 0.4) is 0 Å². The largest absolute Gasteiger partial charge is 0.497 e. The van der Waals surface area contributed by atoms with E-state index in [1.165, 1.54) is 19.2 Å². The van der Waals surface area contributed by atoms with Crippen LogP contribution in [-0.2, 0) is 6.54 Å². The summed E-state index contributed by atoms with van der Waals surface area (Å²) in [4.78, 5) is 4.37. The Labute approximate surface area is 106 Å². The summed E-state index contributed by atoms with van der Waals surface area (Å²) in [6.45, 7) is 2.29. The van der Waals surface area contributed by atoms with Crippen LogP contribution in [0.4, 0.5) is 4.39 Å². The summed E-state index contributed by atoms with van der Waals surface area (Å²) in [5.74, 6) is 1.03.